The first-order valence-electron chi connectivity index (χ1n) is 34.6. The molecule has 0 aliphatic rings. The normalized spacial score (nSPS) is 10.3. The number of nitrogens with zero attached hydrogens (tertiary/aromatic N) is 8. The van der Waals surface area contributed by atoms with E-state index in [4.69, 9.17) is 4.74 Å². The summed E-state index contributed by atoms with van der Waals surface area (Å²) < 4.78 is 5.97. The van der Waals surface area contributed by atoms with E-state index in [-0.39, 0.29) is 29.4 Å². The maximum Gasteiger partial charge on any atom is 0.255 e. The molecule has 0 bridgehead atoms. The Morgan fingerprint density at radius 1 is 0.352 bits per heavy atom. The Kier molecular flexibility index (Phi) is 29.0. The lowest BCUT2D eigenvalue weighted by atomic mass is 10.1. The third-order valence-electron chi connectivity index (χ3n) is 15.1. The van der Waals surface area contributed by atoms with E-state index in [1.54, 1.807) is 74.0 Å². The first-order valence-corrected chi connectivity index (χ1v) is 35.4. The fourth-order valence-corrected chi connectivity index (χ4v) is 10.4. The molecule has 8 aromatic carbocycles. The molecule has 0 saturated heterocycles. The minimum absolute atomic E-state index is 0.0530. The second-order valence-corrected chi connectivity index (χ2v) is 24.7. The number of rotatable bonds is 25. The van der Waals surface area contributed by atoms with Crippen molar-refractivity contribution in [3.8, 4) is 11.5 Å². The van der Waals surface area contributed by atoms with Crippen molar-refractivity contribution < 1.29 is 29.0 Å². The molecule has 0 spiro atoms. The standard InChI is InChI=1S/C21H23N5O2.C21H23N5O.C20H21N5O2.C19H18BrN5O/c1-4-22-19-13-14(2)23-21(26-19)25-17-9-7-16(8-10-17)24-20(27)15-5-11-18(28-3)12-6-15;1-4-22-19-13-15(3)23-21(26-19)25-18-11-9-17(10-12-18)24-20(27)16-7-5-14(2)6-8-16;1-3-21-18-11-13(2)22-20(25-18)24-16-9-7-15(8-10-16)23-19(27)14-5-4-6-17(26)12-14;1-2-21-17-10-11-22-19(25-17)24-16-8-6-15(7-9-16)23-18(26)13-4-3-5-14(20)12-13/h5-13H,4H2,1-3H3,(H,24,27)(H2,22,23,25,26);5-13H,4H2,1-3H3,(H,24,27)(H2,22,23,25,26);4-12,26H,3H2,1-2H3,(H,23,27)(H2,21,22,24,25);3-12H,2H2,1H3,(H,23,26)(H2,21,22,24,25). The van der Waals surface area contributed by atoms with Crippen molar-refractivity contribution in [1.82, 2.24) is 39.9 Å². The summed E-state index contributed by atoms with van der Waals surface area (Å²) in [6.45, 7) is 19.0. The fourth-order valence-electron chi connectivity index (χ4n) is 9.99. The Hall–Kier alpha value is -13.6. The van der Waals surface area contributed by atoms with Crippen LogP contribution in [0.25, 0.3) is 0 Å². The van der Waals surface area contributed by atoms with Gasteiger partial charge in [0.1, 0.15) is 34.8 Å². The van der Waals surface area contributed by atoms with Crippen LogP contribution in [0.3, 0.4) is 0 Å². The molecule has 4 heterocycles. The first-order chi connectivity index (χ1) is 52.3. The molecule has 552 valence electrons. The smallest absolute Gasteiger partial charge is 0.255 e. The van der Waals surface area contributed by atoms with Crippen LogP contribution in [0, 0.1) is 27.7 Å². The van der Waals surface area contributed by atoms with Gasteiger partial charge >= 0.3 is 0 Å². The van der Waals surface area contributed by atoms with E-state index >= 15 is 0 Å². The molecule has 26 nitrogen and oxygen atoms in total. The average Bonchev–Trinajstić information content (AvgIpc) is 0.866. The number of methoxy groups -OCH3 is 1. The molecule has 0 radical (unpaired) electrons. The van der Waals surface area contributed by atoms with Crippen molar-refractivity contribution in [3.63, 3.8) is 0 Å². The first kappa shape index (κ1) is 78.6. The number of ether oxygens (including phenoxy) is 1. The molecule has 0 unspecified atom stereocenters. The number of phenols is 1. The Balaban J connectivity index is 0.000000166. The van der Waals surface area contributed by atoms with E-state index in [0.29, 0.717) is 68.9 Å². The van der Waals surface area contributed by atoms with Crippen LogP contribution in [0.15, 0.2) is 229 Å². The Labute approximate surface area is 635 Å². The lowest BCUT2D eigenvalue weighted by molar-refractivity contribution is 0.101. The van der Waals surface area contributed by atoms with Crippen LogP contribution in [0.2, 0.25) is 0 Å². The Morgan fingerprint density at radius 3 is 1.04 bits per heavy atom. The quantitative estimate of drug-likeness (QED) is 0.0253. The zero-order valence-electron chi connectivity index (χ0n) is 61.1. The molecular formula is C81H85BrN20O6. The van der Waals surface area contributed by atoms with Crippen LogP contribution < -0.4 is 68.5 Å². The minimum Gasteiger partial charge on any atom is -0.508 e. The molecule has 0 fully saturated rings. The number of carbonyl (C=O) groups is 4. The van der Waals surface area contributed by atoms with Crippen LogP contribution >= 0.6 is 15.9 Å². The molecule has 12 aromatic rings. The van der Waals surface area contributed by atoms with Gasteiger partial charge in [-0.25, -0.2) is 19.9 Å². The Bertz CT molecular complexity index is 4950. The van der Waals surface area contributed by atoms with Crippen molar-refractivity contribution in [2.45, 2.75) is 55.4 Å². The number of hydrogen-bond acceptors (Lipinski definition) is 22. The lowest BCUT2D eigenvalue weighted by Gasteiger charge is -2.10. The summed E-state index contributed by atoms with van der Waals surface area (Å²) in [7, 11) is 1.59. The van der Waals surface area contributed by atoms with Crippen molar-refractivity contribution in [3.05, 3.63) is 274 Å². The molecule has 13 N–H and O–H groups in total. The van der Waals surface area contributed by atoms with Gasteiger partial charge in [-0.1, -0.05) is 45.8 Å². The number of nitrogens with one attached hydrogen (secondary N) is 12. The summed E-state index contributed by atoms with van der Waals surface area (Å²) in [5.74, 6) is 5.16. The average molecular weight is 1510 g/mol. The molecule has 0 atom stereocenters. The Morgan fingerprint density at radius 2 is 0.676 bits per heavy atom. The number of aryl methyl sites for hydroxylation is 4. The lowest BCUT2D eigenvalue weighted by Crippen LogP contribution is -2.11. The highest BCUT2D eigenvalue weighted by molar-refractivity contribution is 9.10. The number of aromatic hydroxyl groups is 1. The van der Waals surface area contributed by atoms with Crippen LogP contribution in [-0.4, -0.2) is 102 Å². The highest BCUT2D eigenvalue weighted by Crippen LogP contribution is 2.26. The maximum atomic E-state index is 12.3. The molecule has 4 aromatic heterocycles. The number of benzene rings is 8. The summed E-state index contributed by atoms with van der Waals surface area (Å²) in [4.78, 5) is 84.1. The number of amides is 4. The highest BCUT2D eigenvalue weighted by Gasteiger charge is 2.13. The molecule has 108 heavy (non-hydrogen) atoms. The molecule has 0 aliphatic carbocycles. The number of aromatic nitrogens is 8. The van der Waals surface area contributed by atoms with Crippen LogP contribution in [0.5, 0.6) is 11.5 Å². The van der Waals surface area contributed by atoms with Gasteiger partial charge in [0.15, 0.2) is 0 Å². The molecule has 0 aliphatic heterocycles. The molecule has 12 rings (SSSR count). The third kappa shape index (κ3) is 25.4. The predicted octanol–water partition coefficient (Wildman–Crippen LogP) is 17.3. The van der Waals surface area contributed by atoms with Crippen molar-refractivity contribution >= 4 is 132 Å². The van der Waals surface area contributed by atoms with Crippen molar-refractivity contribution in [2.75, 3.05) is 97.1 Å². The van der Waals surface area contributed by atoms with E-state index in [1.165, 1.54) is 12.1 Å². The molecule has 27 heteroatoms. The second kappa shape index (κ2) is 39.9. The van der Waals surface area contributed by atoms with Gasteiger partial charge < -0.3 is 73.6 Å². The third-order valence-corrected chi connectivity index (χ3v) is 15.6. The summed E-state index contributed by atoms with van der Waals surface area (Å²) in [6.07, 6.45) is 1.69. The van der Waals surface area contributed by atoms with Crippen LogP contribution in [0.1, 0.15) is 91.8 Å². The van der Waals surface area contributed by atoms with E-state index in [0.717, 1.165) is 105 Å². The number of anilines is 16. The van der Waals surface area contributed by atoms with Gasteiger partial charge in [0, 0.05) is 140 Å². The predicted molar refractivity (Wildman–Crippen MR) is 436 cm³/mol. The SMILES string of the molecule is CCNc1cc(C)nc(Nc2ccc(NC(=O)c3ccc(C)cc3)cc2)n1.CCNc1cc(C)nc(Nc2ccc(NC(=O)c3ccc(OC)cc3)cc2)n1.CCNc1cc(C)nc(Nc2ccc(NC(=O)c3cccc(O)c3)cc2)n1.CCNc1ccnc(Nc2ccc(NC(=O)c3cccc(Br)c3)cc2)n1. The summed E-state index contributed by atoms with van der Waals surface area (Å²) in [5.41, 5.74) is 12.0. The van der Waals surface area contributed by atoms with Crippen LogP contribution in [0.4, 0.5) is 92.6 Å². The van der Waals surface area contributed by atoms with Crippen LogP contribution in [-0.2, 0) is 0 Å². The molecule has 0 saturated carbocycles. The second-order valence-electron chi connectivity index (χ2n) is 23.8. The fraction of sp³-hybridized carbons (Fsp3) is 0.160. The summed E-state index contributed by atoms with van der Waals surface area (Å²) in [6, 6.07) is 64.8. The van der Waals surface area contributed by atoms with E-state index in [2.05, 4.69) is 120 Å². The van der Waals surface area contributed by atoms with E-state index in [9.17, 15) is 24.3 Å². The van der Waals surface area contributed by atoms with E-state index in [1.807, 2.05) is 201 Å². The van der Waals surface area contributed by atoms with Gasteiger partial charge in [-0.15, -0.1) is 0 Å². The van der Waals surface area contributed by atoms with Gasteiger partial charge in [-0.05, 0) is 231 Å². The van der Waals surface area contributed by atoms with Crippen molar-refractivity contribution in [2.24, 2.45) is 0 Å². The summed E-state index contributed by atoms with van der Waals surface area (Å²) in [5, 5.41) is 46.2. The summed E-state index contributed by atoms with van der Waals surface area (Å²) >= 11 is 3.37. The number of phenolic OH excluding ortho intramolecular Hbond substituents is 1. The van der Waals surface area contributed by atoms with Gasteiger partial charge in [-0.3, -0.25) is 19.2 Å². The maximum absolute atomic E-state index is 12.3. The topological polar surface area (TPSA) is 345 Å². The van der Waals surface area contributed by atoms with Gasteiger partial charge in [0.2, 0.25) is 23.8 Å². The number of carbonyl (C=O) groups excluding carboxylic acids is 4. The zero-order chi connectivity index (χ0) is 76.7. The monoisotopic (exact) mass is 1510 g/mol. The zero-order valence-corrected chi connectivity index (χ0v) is 62.7. The number of hydrogen-bond donors (Lipinski definition) is 13. The highest BCUT2D eigenvalue weighted by atomic mass is 79.9. The van der Waals surface area contributed by atoms with Crippen molar-refractivity contribution in [1.29, 1.82) is 0 Å². The van der Waals surface area contributed by atoms with Gasteiger partial charge in [0.25, 0.3) is 23.6 Å². The molecule has 4 amide bonds. The number of halogens is 1. The minimum atomic E-state index is -0.288. The van der Waals surface area contributed by atoms with Gasteiger partial charge in [0.05, 0.1) is 7.11 Å². The van der Waals surface area contributed by atoms with Gasteiger partial charge in [-0.2, -0.15) is 19.9 Å². The largest absolute Gasteiger partial charge is 0.508 e. The van der Waals surface area contributed by atoms with E-state index < -0.39 is 0 Å². The molecular weight excluding hydrogens is 1430 g/mol.